The first-order valence-electron chi connectivity index (χ1n) is 8.31. The number of ether oxygens (including phenoxy) is 2. The molecule has 4 rings (SSSR count). The normalized spacial score (nSPS) is 11.6. The third kappa shape index (κ3) is 4.70. The second-order valence-corrected chi connectivity index (χ2v) is 7.18. The minimum absolute atomic E-state index is 0. The Labute approximate surface area is 183 Å². The Hall–Kier alpha value is -2.42. The van der Waals surface area contributed by atoms with Crippen LogP contribution in [-0.2, 0) is 16.6 Å². The smallest absolute Gasteiger partial charge is 1.00 e. The van der Waals surface area contributed by atoms with Crippen molar-refractivity contribution in [3.8, 4) is 17.2 Å². The van der Waals surface area contributed by atoms with E-state index in [0.29, 0.717) is 16.6 Å². The fraction of sp³-hybridized carbons (Fsp3) is 0.100. The number of pyridine rings is 1. The van der Waals surface area contributed by atoms with Crippen LogP contribution in [0.5, 0.6) is 17.2 Å². The van der Waals surface area contributed by atoms with Crippen molar-refractivity contribution in [2.45, 2.75) is 10.9 Å². The third-order valence-electron chi connectivity index (χ3n) is 3.93. The molecule has 0 amide bonds. The minimum atomic E-state index is -1.36. The first-order chi connectivity index (χ1) is 13.2. The number of aromatic nitrogens is 3. The van der Waals surface area contributed by atoms with E-state index in [-0.39, 0.29) is 31.7 Å². The van der Waals surface area contributed by atoms with Gasteiger partial charge in [0.2, 0.25) is 0 Å². The van der Waals surface area contributed by atoms with Crippen LogP contribution in [0.4, 0.5) is 0 Å². The Morgan fingerprint density at radius 1 is 1.04 bits per heavy atom. The van der Waals surface area contributed by atoms with E-state index in [2.05, 4.69) is 15.0 Å². The summed E-state index contributed by atoms with van der Waals surface area (Å²) in [5, 5.41) is 0.412. The van der Waals surface area contributed by atoms with Gasteiger partial charge in [0.25, 0.3) is 0 Å². The summed E-state index contributed by atoms with van der Waals surface area (Å²) >= 11 is 0. The summed E-state index contributed by atoms with van der Waals surface area (Å²) < 4.78 is 23.7. The van der Waals surface area contributed by atoms with Crippen molar-refractivity contribution in [1.82, 2.24) is 15.0 Å². The number of aromatic amines is 1. The molecule has 0 aliphatic rings. The van der Waals surface area contributed by atoms with Crippen LogP contribution < -0.4 is 9.47 Å². The van der Waals surface area contributed by atoms with Crippen molar-refractivity contribution < 1.29 is 16.5 Å². The number of hydrogen-bond donors (Lipinski definition) is 1. The number of H-pyrrole nitrogens is 1. The number of fused-ring (bicyclic) bond motifs is 1. The molecule has 0 bridgehead atoms. The van der Waals surface area contributed by atoms with Crippen LogP contribution in [0.3, 0.4) is 0 Å². The van der Waals surface area contributed by atoms with Crippen LogP contribution in [-0.4, -0.2) is 49.3 Å². The molecule has 6 nitrogen and oxygen atoms in total. The van der Waals surface area contributed by atoms with Gasteiger partial charge in [0.05, 0.1) is 40.4 Å². The van der Waals surface area contributed by atoms with Crippen molar-refractivity contribution in [3.05, 3.63) is 72.6 Å². The van der Waals surface area contributed by atoms with Gasteiger partial charge >= 0.3 is 23.1 Å². The van der Waals surface area contributed by atoms with E-state index < -0.39 is 10.8 Å². The van der Waals surface area contributed by atoms with Crippen molar-refractivity contribution in [2.75, 3.05) is 7.11 Å². The zero-order valence-electron chi connectivity index (χ0n) is 17.3. The molecular weight excluding hydrogens is 387 g/mol. The molecule has 2 aromatic carbocycles. The van der Waals surface area contributed by atoms with E-state index in [1.165, 1.54) is 0 Å². The molecule has 1 unspecified atom stereocenters. The number of imidazole rings is 1. The van der Waals surface area contributed by atoms with E-state index in [1.807, 2.05) is 48.5 Å². The first kappa shape index (κ1) is 20.3. The number of rotatable bonds is 6. The van der Waals surface area contributed by atoms with Gasteiger partial charge in [-0.2, -0.15) is 0 Å². The second kappa shape index (κ2) is 9.18. The number of para-hydroxylation sites is 1. The van der Waals surface area contributed by atoms with Crippen molar-refractivity contribution in [1.29, 1.82) is 0 Å². The molecule has 0 aliphatic carbocycles. The van der Waals surface area contributed by atoms with Gasteiger partial charge in [0, 0.05) is 18.3 Å². The topological polar surface area (TPSA) is 77.1 Å². The second-order valence-electron chi connectivity index (χ2n) is 5.81. The van der Waals surface area contributed by atoms with Crippen molar-refractivity contribution >= 4 is 44.9 Å². The fourth-order valence-corrected chi connectivity index (χ4v) is 3.61. The molecule has 0 aliphatic heterocycles. The summed E-state index contributed by atoms with van der Waals surface area (Å²) in [6.07, 6.45) is 1.65. The molecule has 28 heavy (non-hydrogen) atoms. The monoisotopic (exact) mass is 405 g/mol. The Morgan fingerprint density at radius 3 is 2.64 bits per heavy atom. The molecule has 140 valence electrons. The minimum Gasteiger partial charge on any atom is -1.00 e. The zero-order valence-corrected chi connectivity index (χ0v) is 17.5. The van der Waals surface area contributed by atoms with E-state index >= 15 is 0 Å². The number of hydrogen-bond acceptors (Lipinski definition) is 5. The van der Waals surface area contributed by atoms with Gasteiger partial charge in [-0.1, -0.05) is 18.2 Å². The Kier molecular flexibility index (Phi) is 6.66. The van der Waals surface area contributed by atoms with Gasteiger partial charge in [-0.3, -0.25) is 9.19 Å². The molecule has 2 aromatic heterocycles. The largest absolute Gasteiger partial charge is 2.00 e. The molecular formula is C20H19MgN3O3S. The molecule has 4 aromatic rings. The molecule has 0 radical (unpaired) electrons. The number of methoxy groups -OCH3 is 1. The zero-order chi connectivity index (χ0) is 18.6. The first-order valence-corrected chi connectivity index (χ1v) is 9.63. The summed E-state index contributed by atoms with van der Waals surface area (Å²) in [4.78, 5) is 11.8. The van der Waals surface area contributed by atoms with E-state index in [9.17, 15) is 4.21 Å². The number of benzene rings is 2. The van der Waals surface area contributed by atoms with Crippen LogP contribution in [0.25, 0.3) is 11.0 Å². The standard InChI is InChI=1S/C20H17N3O3S.Mg.2H/c1-25-16-7-8-18-19(12-16)23-20(22-18)27(24)13-14-11-17(9-10-21-14)26-15-5-3-2-4-6-15;;;/h2-12H,13H2,1H3,(H,22,23);;;/q;+2;2*-1. The maximum atomic E-state index is 12.7. The van der Waals surface area contributed by atoms with Crippen LogP contribution in [0, 0.1) is 0 Å². The van der Waals surface area contributed by atoms with E-state index in [0.717, 1.165) is 22.5 Å². The summed E-state index contributed by atoms with van der Waals surface area (Å²) in [6.45, 7) is 0. The van der Waals surface area contributed by atoms with Crippen molar-refractivity contribution in [3.63, 3.8) is 0 Å². The molecule has 0 fully saturated rings. The summed E-state index contributed by atoms with van der Waals surface area (Å²) in [6, 6.07) is 18.5. The summed E-state index contributed by atoms with van der Waals surface area (Å²) in [5.74, 6) is 2.35. The van der Waals surface area contributed by atoms with Gasteiger partial charge in [0.1, 0.15) is 17.2 Å². The summed E-state index contributed by atoms with van der Waals surface area (Å²) in [7, 11) is 0.248. The van der Waals surface area contributed by atoms with Crippen molar-refractivity contribution in [2.24, 2.45) is 0 Å². The van der Waals surface area contributed by atoms with Gasteiger partial charge in [-0.15, -0.1) is 0 Å². The van der Waals surface area contributed by atoms with Gasteiger partial charge < -0.3 is 17.3 Å². The molecule has 0 spiro atoms. The van der Waals surface area contributed by atoms with Gasteiger partial charge in [-0.05, 0) is 30.3 Å². The molecule has 1 N–H and O–H groups in total. The maximum Gasteiger partial charge on any atom is 2.00 e. The SMILES string of the molecule is COc1ccc2nc(S(=O)Cc3cc(Oc4ccccc4)ccn3)[nH]c2c1.[H-].[H-].[Mg+2]. The average Bonchev–Trinajstić information content (AvgIpc) is 3.12. The van der Waals surface area contributed by atoms with E-state index in [4.69, 9.17) is 9.47 Å². The Bertz CT molecular complexity index is 1110. The molecule has 0 saturated heterocycles. The average molecular weight is 406 g/mol. The Morgan fingerprint density at radius 2 is 1.86 bits per heavy atom. The van der Waals surface area contributed by atoms with Gasteiger partial charge in [0.15, 0.2) is 5.16 Å². The van der Waals surface area contributed by atoms with Crippen LogP contribution in [0.2, 0.25) is 0 Å². The van der Waals surface area contributed by atoms with E-state index in [1.54, 1.807) is 25.4 Å². The predicted molar refractivity (Wildman–Crippen MR) is 111 cm³/mol. The summed E-state index contributed by atoms with van der Waals surface area (Å²) in [5.41, 5.74) is 2.19. The van der Waals surface area contributed by atoms with Gasteiger partial charge in [-0.25, -0.2) is 4.98 Å². The molecule has 1 atom stereocenters. The fourth-order valence-electron chi connectivity index (χ4n) is 2.63. The third-order valence-corrected chi connectivity index (χ3v) is 5.11. The van der Waals surface area contributed by atoms with Crippen LogP contribution in [0.15, 0.2) is 72.0 Å². The quantitative estimate of drug-likeness (QED) is 0.492. The molecule has 0 saturated carbocycles. The Balaban J connectivity index is 0.00000150. The number of nitrogens with one attached hydrogen (secondary N) is 1. The maximum absolute atomic E-state index is 12.7. The number of nitrogens with zero attached hydrogens (tertiary/aromatic N) is 2. The molecule has 2 heterocycles. The molecule has 8 heteroatoms. The van der Waals surface area contributed by atoms with Crippen LogP contribution >= 0.6 is 0 Å². The predicted octanol–water partition coefficient (Wildman–Crippen LogP) is 3.91. The van der Waals surface area contributed by atoms with Crippen LogP contribution in [0.1, 0.15) is 8.55 Å².